The molecule has 0 saturated heterocycles. The van der Waals surface area contributed by atoms with Gasteiger partial charge in [-0.15, -0.1) is 0 Å². The van der Waals surface area contributed by atoms with Crippen LogP contribution in [0, 0.1) is 22.7 Å². The van der Waals surface area contributed by atoms with Crippen LogP contribution in [0.25, 0.3) is 0 Å². The third kappa shape index (κ3) is 6.12. The number of nitriles is 2. The van der Waals surface area contributed by atoms with Gasteiger partial charge in [-0.05, 0) is 48.0 Å². The molecular weight excluding hydrogens is 445 g/mol. The Bertz CT molecular complexity index is 1230. The average Bonchev–Trinajstić information content (AvgIpc) is 2.83. The first kappa shape index (κ1) is 24.3. The Morgan fingerprint density at radius 3 is 2.26 bits per heavy atom. The molecule has 34 heavy (non-hydrogen) atoms. The molecule has 6 nitrogen and oxygen atoms in total. The van der Waals surface area contributed by atoms with Crippen LogP contribution in [-0.4, -0.2) is 23.7 Å². The van der Waals surface area contributed by atoms with Crippen LogP contribution in [0.15, 0.2) is 72.8 Å². The lowest BCUT2D eigenvalue weighted by atomic mass is 10.1. The zero-order chi connectivity index (χ0) is 24.7. The maximum Gasteiger partial charge on any atom is 0.417 e. The van der Waals surface area contributed by atoms with Gasteiger partial charge in [-0.25, -0.2) is 0 Å². The van der Waals surface area contributed by atoms with E-state index in [1.54, 1.807) is 29.2 Å². The second-order valence-corrected chi connectivity index (χ2v) is 7.40. The molecule has 9 heteroatoms. The lowest BCUT2D eigenvalue weighted by molar-refractivity contribution is -0.137. The summed E-state index contributed by atoms with van der Waals surface area (Å²) in [5.74, 6) is -0.899. The van der Waals surface area contributed by atoms with Crippen LogP contribution >= 0.6 is 0 Å². The second-order valence-electron chi connectivity index (χ2n) is 7.40. The number of benzene rings is 3. The van der Waals surface area contributed by atoms with Gasteiger partial charge in [-0.2, -0.15) is 23.7 Å². The maximum absolute atomic E-state index is 13.2. The van der Waals surface area contributed by atoms with Crippen molar-refractivity contribution in [1.29, 1.82) is 10.5 Å². The molecule has 3 aromatic carbocycles. The standard InChI is InChI=1S/C25H19F3N4O2/c26-25(27,28)22-12-20(9-8-19(22)14-30)31-24(34)23(33)16-32(15-18-4-2-1-3-5-18)21-10-6-17(13-29)7-11-21/h1-12,23,33H,15-16H2,(H,31,34). The predicted octanol–water partition coefficient (Wildman–Crippen LogP) is 4.45. The highest BCUT2D eigenvalue weighted by molar-refractivity contribution is 5.94. The Hall–Kier alpha value is -4.34. The Kier molecular flexibility index (Phi) is 7.52. The maximum atomic E-state index is 13.2. The number of amides is 1. The van der Waals surface area contributed by atoms with E-state index in [1.165, 1.54) is 12.1 Å². The summed E-state index contributed by atoms with van der Waals surface area (Å²) in [5, 5.41) is 30.7. The quantitative estimate of drug-likeness (QED) is 0.538. The molecule has 0 aliphatic rings. The van der Waals surface area contributed by atoms with E-state index in [-0.39, 0.29) is 12.2 Å². The molecule has 2 N–H and O–H groups in total. The molecule has 0 aliphatic heterocycles. The summed E-state index contributed by atoms with van der Waals surface area (Å²) in [6.45, 7) is 0.182. The van der Waals surface area contributed by atoms with Crippen LogP contribution in [0.5, 0.6) is 0 Å². The first-order chi connectivity index (χ1) is 16.2. The predicted molar refractivity (Wildman–Crippen MR) is 119 cm³/mol. The number of aliphatic hydroxyl groups excluding tert-OH is 1. The summed E-state index contributed by atoms with van der Waals surface area (Å²) in [7, 11) is 0. The Balaban J connectivity index is 1.79. The molecule has 0 spiro atoms. The largest absolute Gasteiger partial charge is 0.417 e. The molecule has 0 fully saturated rings. The zero-order valence-electron chi connectivity index (χ0n) is 17.8. The Morgan fingerprint density at radius 1 is 1.00 bits per heavy atom. The van der Waals surface area contributed by atoms with Crippen molar-refractivity contribution in [3.8, 4) is 12.1 Å². The summed E-state index contributed by atoms with van der Waals surface area (Å²) in [5.41, 5.74) is 0.0617. The van der Waals surface area contributed by atoms with Crippen LogP contribution in [0.1, 0.15) is 22.3 Å². The molecule has 0 radical (unpaired) electrons. The molecule has 3 rings (SSSR count). The Labute approximate surface area is 194 Å². The average molecular weight is 464 g/mol. The van der Waals surface area contributed by atoms with Gasteiger partial charge in [0.25, 0.3) is 5.91 Å². The van der Waals surface area contributed by atoms with Gasteiger partial charge in [-0.3, -0.25) is 4.79 Å². The number of hydrogen-bond acceptors (Lipinski definition) is 5. The summed E-state index contributed by atoms with van der Waals surface area (Å²) >= 11 is 0. The molecule has 3 aromatic rings. The first-order valence-corrected chi connectivity index (χ1v) is 10.1. The number of nitrogens with one attached hydrogen (secondary N) is 1. The number of alkyl halides is 3. The van der Waals surface area contributed by atoms with E-state index < -0.39 is 29.3 Å². The van der Waals surface area contributed by atoms with E-state index in [2.05, 4.69) is 5.32 Å². The lowest BCUT2D eigenvalue weighted by Gasteiger charge is -2.27. The zero-order valence-corrected chi connectivity index (χ0v) is 17.8. The summed E-state index contributed by atoms with van der Waals surface area (Å²) in [6.07, 6.45) is -6.35. The highest BCUT2D eigenvalue weighted by Gasteiger charge is 2.34. The van der Waals surface area contributed by atoms with Gasteiger partial charge in [-0.1, -0.05) is 30.3 Å². The highest BCUT2D eigenvalue weighted by atomic mass is 19.4. The third-order valence-electron chi connectivity index (χ3n) is 4.99. The van der Waals surface area contributed by atoms with Crippen LogP contribution in [0.2, 0.25) is 0 Å². The first-order valence-electron chi connectivity index (χ1n) is 10.1. The van der Waals surface area contributed by atoms with Gasteiger partial charge < -0.3 is 15.3 Å². The number of nitrogens with zero attached hydrogens (tertiary/aromatic N) is 3. The highest BCUT2D eigenvalue weighted by Crippen LogP contribution is 2.33. The van der Waals surface area contributed by atoms with Crippen molar-refractivity contribution in [2.75, 3.05) is 16.8 Å². The number of rotatable bonds is 7. The number of aliphatic hydroxyl groups is 1. The molecule has 0 aliphatic carbocycles. The summed E-state index contributed by atoms with van der Waals surface area (Å²) in [6, 6.07) is 22.1. The van der Waals surface area contributed by atoms with Crippen LogP contribution < -0.4 is 10.2 Å². The molecule has 0 heterocycles. The fourth-order valence-electron chi connectivity index (χ4n) is 3.28. The van der Waals surface area contributed by atoms with Crippen molar-refractivity contribution in [1.82, 2.24) is 0 Å². The van der Waals surface area contributed by atoms with Crippen LogP contribution in [-0.2, 0) is 17.5 Å². The van der Waals surface area contributed by atoms with E-state index >= 15 is 0 Å². The van der Waals surface area contributed by atoms with E-state index in [1.807, 2.05) is 36.4 Å². The Morgan fingerprint density at radius 2 is 1.68 bits per heavy atom. The SMILES string of the molecule is N#Cc1ccc(N(Cc2ccccc2)CC(O)C(=O)Nc2ccc(C#N)c(C(F)(F)F)c2)cc1. The van der Waals surface area contributed by atoms with E-state index in [4.69, 9.17) is 10.5 Å². The topological polar surface area (TPSA) is 100 Å². The smallest absolute Gasteiger partial charge is 0.381 e. The van der Waals surface area contributed by atoms with Gasteiger partial charge in [0.15, 0.2) is 6.10 Å². The van der Waals surface area contributed by atoms with Crippen molar-refractivity contribution in [2.24, 2.45) is 0 Å². The summed E-state index contributed by atoms with van der Waals surface area (Å²) in [4.78, 5) is 14.3. The number of halogens is 3. The van der Waals surface area contributed by atoms with Crippen molar-refractivity contribution in [2.45, 2.75) is 18.8 Å². The molecule has 0 saturated carbocycles. The van der Waals surface area contributed by atoms with Crippen LogP contribution in [0.3, 0.4) is 0 Å². The number of carbonyl (C=O) groups excluding carboxylic acids is 1. The van der Waals surface area contributed by atoms with Gasteiger partial charge in [0, 0.05) is 17.9 Å². The normalized spacial score (nSPS) is 11.7. The van der Waals surface area contributed by atoms with Gasteiger partial charge in [0.2, 0.25) is 0 Å². The van der Waals surface area contributed by atoms with Crippen molar-refractivity contribution in [3.05, 3.63) is 95.1 Å². The molecule has 1 unspecified atom stereocenters. The molecule has 172 valence electrons. The number of carbonyl (C=O) groups is 1. The summed E-state index contributed by atoms with van der Waals surface area (Å²) < 4.78 is 39.6. The number of hydrogen-bond donors (Lipinski definition) is 2. The van der Waals surface area contributed by atoms with Crippen molar-refractivity contribution < 1.29 is 23.1 Å². The number of anilines is 2. The monoisotopic (exact) mass is 464 g/mol. The molecule has 1 atom stereocenters. The fourth-order valence-corrected chi connectivity index (χ4v) is 3.28. The van der Waals surface area contributed by atoms with Gasteiger partial charge in [0.05, 0.1) is 35.4 Å². The molecule has 0 bridgehead atoms. The molecule has 0 aromatic heterocycles. The molecular formula is C25H19F3N4O2. The van der Waals surface area contributed by atoms with E-state index in [0.29, 0.717) is 23.9 Å². The minimum Gasteiger partial charge on any atom is -0.381 e. The lowest BCUT2D eigenvalue weighted by Crippen LogP contribution is -2.39. The van der Waals surface area contributed by atoms with Crippen molar-refractivity contribution >= 4 is 17.3 Å². The fraction of sp³-hybridized carbons (Fsp3) is 0.160. The minimum absolute atomic E-state index is 0.158. The second kappa shape index (κ2) is 10.5. The van der Waals surface area contributed by atoms with E-state index in [0.717, 1.165) is 11.6 Å². The third-order valence-corrected chi connectivity index (χ3v) is 4.99. The van der Waals surface area contributed by atoms with Crippen LogP contribution in [0.4, 0.5) is 24.5 Å². The minimum atomic E-state index is -4.77. The van der Waals surface area contributed by atoms with Gasteiger partial charge >= 0.3 is 6.18 Å². The van der Waals surface area contributed by atoms with Crippen molar-refractivity contribution in [3.63, 3.8) is 0 Å². The van der Waals surface area contributed by atoms with Gasteiger partial charge in [0.1, 0.15) is 0 Å². The molecule has 1 amide bonds. The van der Waals surface area contributed by atoms with E-state index in [9.17, 15) is 23.1 Å².